The Morgan fingerprint density at radius 3 is 2.81 bits per heavy atom. The van der Waals surface area contributed by atoms with Crippen molar-refractivity contribution < 1.29 is 9.53 Å². The number of benzene rings is 1. The van der Waals surface area contributed by atoms with Crippen LogP contribution in [0.25, 0.3) is 0 Å². The van der Waals surface area contributed by atoms with Crippen LogP contribution in [0.4, 0.5) is 0 Å². The van der Waals surface area contributed by atoms with Crippen LogP contribution in [-0.2, 0) is 9.53 Å². The largest absolute Gasteiger partial charge is 0.378 e. The van der Waals surface area contributed by atoms with Crippen LogP contribution >= 0.6 is 0 Å². The SMILES string of the molecule is O=C(C#Cc1ccccc1)NCCCOC1CCNCC1. The number of hydrogen-bond acceptors (Lipinski definition) is 3. The molecule has 1 amide bonds. The molecule has 1 aliphatic rings. The number of rotatable bonds is 5. The van der Waals surface area contributed by atoms with Crippen LogP contribution in [0.5, 0.6) is 0 Å². The lowest BCUT2D eigenvalue weighted by Crippen LogP contribution is -2.33. The highest BCUT2D eigenvalue weighted by molar-refractivity contribution is 5.94. The molecule has 1 aromatic carbocycles. The van der Waals surface area contributed by atoms with Gasteiger partial charge in [0.05, 0.1) is 6.10 Å². The van der Waals surface area contributed by atoms with Gasteiger partial charge in [-0.15, -0.1) is 0 Å². The Morgan fingerprint density at radius 1 is 1.29 bits per heavy atom. The molecule has 0 bridgehead atoms. The summed E-state index contributed by atoms with van der Waals surface area (Å²) in [6.07, 6.45) is 3.35. The molecule has 0 aliphatic carbocycles. The van der Waals surface area contributed by atoms with Crippen molar-refractivity contribution >= 4 is 5.91 Å². The second-order valence-corrected chi connectivity index (χ2v) is 5.05. The molecule has 1 aliphatic heterocycles. The summed E-state index contributed by atoms with van der Waals surface area (Å²) in [6.45, 7) is 3.37. The Bertz CT molecular complexity index is 485. The quantitative estimate of drug-likeness (QED) is 0.634. The molecule has 2 N–H and O–H groups in total. The third kappa shape index (κ3) is 6.44. The van der Waals surface area contributed by atoms with Crippen molar-refractivity contribution in [2.24, 2.45) is 0 Å². The third-order valence-electron chi connectivity index (χ3n) is 3.34. The van der Waals surface area contributed by atoms with Crippen molar-refractivity contribution in [1.82, 2.24) is 10.6 Å². The van der Waals surface area contributed by atoms with E-state index in [-0.39, 0.29) is 5.91 Å². The lowest BCUT2D eigenvalue weighted by atomic mass is 10.1. The van der Waals surface area contributed by atoms with E-state index in [1.165, 1.54) is 0 Å². The van der Waals surface area contributed by atoms with Crippen molar-refractivity contribution in [1.29, 1.82) is 0 Å². The molecule has 0 atom stereocenters. The standard InChI is InChI=1S/C17H22N2O2/c20-17(8-7-15-5-2-1-3-6-15)19-11-4-14-21-16-9-12-18-13-10-16/h1-3,5-6,16,18H,4,9-14H2,(H,19,20). The molecule has 1 fully saturated rings. The van der Waals surface area contributed by atoms with Gasteiger partial charge < -0.3 is 15.4 Å². The minimum absolute atomic E-state index is 0.235. The molecule has 112 valence electrons. The van der Waals surface area contributed by atoms with E-state index in [2.05, 4.69) is 22.5 Å². The summed E-state index contributed by atoms with van der Waals surface area (Å²) in [5, 5.41) is 6.09. The van der Waals surface area contributed by atoms with Gasteiger partial charge in [-0.2, -0.15) is 0 Å². The number of nitrogens with one attached hydrogen (secondary N) is 2. The average molecular weight is 286 g/mol. The molecular formula is C17H22N2O2. The summed E-state index contributed by atoms with van der Waals surface area (Å²) < 4.78 is 5.77. The normalized spacial score (nSPS) is 15.0. The van der Waals surface area contributed by atoms with Crippen LogP contribution in [0.15, 0.2) is 30.3 Å². The van der Waals surface area contributed by atoms with Gasteiger partial charge in [-0.3, -0.25) is 4.79 Å². The molecule has 21 heavy (non-hydrogen) atoms. The van der Waals surface area contributed by atoms with E-state index in [4.69, 9.17) is 4.74 Å². The van der Waals surface area contributed by atoms with Crippen molar-refractivity contribution in [3.8, 4) is 11.8 Å². The van der Waals surface area contributed by atoms with Gasteiger partial charge in [-0.05, 0) is 44.5 Å². The third-order valence-corrected chi connectivity index (χ3v) is 3.34. The van der Waals surface area contributed by atoms with Crippen LogP contribution in [-0.4, -0.2) is 38.3 Å². The van der Waals surface area contributed by atoms with Gasteiger partial charge in [0.25, 0.3) is 5.91 Å². The van der Waals surface area contributed by atoms with Crippen LogP contribution in [0.2, 0.25) is 0 Å². The molecule has 0 spiro atoms. The predicted octanol–water partition coefficient (Wildman–Crippen LogP) is 1.31. The lowest BCUT2D eigenvalue weighted by molar-refractivity contribution is -0.115. The smallest absolute Gasteiger partial charge is 0.296 e. The van der Waals surface area contributed by atoms with Gasteiger partial charge in [0.15, 0.2) is 0 Å². The lowest BCUT2D eigenvalue weighted by Gasteiger charge is -2.22. The fourth-order valence-corrected chi connectivity index (χ4v) is 2.18. The maximum absolute atomic E-state index is 11.5. The maximum Gasteiger partial charge on any atom is 0.296 e. The minimum Gasteiger partial charge on any atom is -0.378 e. The predicted molar refractivity (Wildman–Crippen MR) is 82.8 cm³/mol. The highest BCUT2D eigenvalue weighted by Crippen LogP contribution is 2.06. The first-order chi connectivity index (χ1) is 10.3. The van der Waals surface area contributed by atoms with E-state index >= 15 is 0 Å². The van der Waals surface area contributed by atoms with Gasteiger partial charge >= 0.3 is 0 Å². The first kappa shape index (κ1) is 15.6. The van der Waals surface area contributed by atoms with Crippen LogP contribution in [0, 0.1) is 11.8 Å². The molecule has 0 aromatic heterocycles. The number of carbonyl (C=O) groups is 1. The van der Waals surface area contributed by atoms with Gasteiger partial charge in [0.1, 0.15) is 0 Å². The second-order valence-electron chi connectivity index (χ2n) is 5.05. The monoisotopic (exact) mass is 286 g/mol. The molecule has 1 saturated heterocycles. The van der Waals surface area contributed by atoms with Gasteiger partial charge in [0, 0.05) is 24.6 Å². The number of ether oxygens (including phenoxy) is 1. The number of carbonyl (C=O) groups excluding carboxylic acids is 1. The zero-order valence-corrected chi connectivity index (χ0v) is 12.2. The van der Waals surface area contributed by atoms with Crippen LogP contribution in [0.1, 0.15) is 24.8 Å². The minimum atomic E-state index is -0.235. The molecule has 1 aromatic rings. The summed E-state index contributed by atoms with van der Waals surface area (Å²) in [5.41, 5.74) is 0.849. The highest BCUT2D eigenvalue weighted by Gasteiger charge is 2.12. The summed E-state index contributed by atoms with van der Waals surface area (Å²) in [4.78, 5) is 11.5. The fraction of sp³-hybridized carbons (Fsp3) is 0.471. The molecule has 4 heteroatoms. The van der Waals surface area contributed by atoms with Crippen molar-refractivity contribution in [3.05, 3.63) is 35.9 Å². The summed E-state index contributed by atoms with van der Waals surface area (Å²) in [7, 11) is 0. The Kier molecular flexibility index (Phi) is 6.79. The first-order valence-electron chi connectivity index (χ1n) is 7.52. The van der Waals surface area contributed by atoms with Crippen molar-refractivity contribution in [3.63, 3.8) is 0 Å². The highest BCUT2D eigenvalue weighted by atomic mass is 16.5. The first-order valence-corrected chi connectivity index (χ1v) is 7.52. The van der Waals surface area contributed by atoms with E-state index in [1.54, 1.807) is 0 Å². The number of amides is 1. The molecule has 4 nitrogen and oxygen atoms in total. The van der Waals surface area contributed by atoms with E-state index in [0.29, 0.717) is 19.3 Å². The van der Waals surface area contributed by atoms with Gasteiger partial charge in [0.2, 0.25) is 0 Å². The Morgan fingerprint density at radius 2 is 2.05 bits per heavy atom. The molecule has 0 radical (unpaired) electrons. The van der Waals surface area contributed by atoms with E-state index < -0.39 is 0 Å². The van der Waals surface area contributed by atoms with Crippen LogP contribution in [0.3, 0.4) is 0 Å². The molecule has 0 saturated carbocycles. The van der Waals surface area contributed by atoms with Gasteiger partial charge in [-0.1, -0.05) is 24.1 Å². The van der Waals surface area contributed by atoms with E-state index in [1.807, 2.05) is 30.3 Å². The summed E-state index contributed by atoms with van der Waals surface area (Å²) in [6, 6.07) is 9.49. The van der Waals surface area contributed by atoms with Crippen LogP contribution < -0.4 is 10.6 Å². The molecular weight excluding hydrogens is 264 g/mol. The molecule has 2 rings (SSSR count). The van der Waals surface area contributed by atoms with Crippen molar-refractivity contribution in [2.45, 2.75) is 25.4 Å². The second kappa shape index (κ2) is 9.17. The number of piperidine rings is 1. The average Bonchev–Trinajstić information content (AvgIpc) is 2.54. The van der Waals surface area contributed by atoms with E-state index in [9.17, 15) is 4.79 Å². The Labute approximate surface area is 126 Å². The zero-order chi connectivity index (χ0) is 14.8. The van der Waals surface area contributed by atoms with Crippen molar-refractivity contribution in [2.75, 3.05) is 26.2 Å². The summed E-state index contributed by atoms with van der Waals surface area (Å²) in [5.74, 6) is 5.19. The molecule has 1 heterocycles. The topological polar surface area (TPSA) is 50.4 Å². The maximum atomic E-state index is 11.5. The molecule has 0 unspecified atom stereocenters. The Balaban J connectivity index is 1.56. The fourth-order valence-electron chi connectivity index (χ4n) is 2.18. The Hall–Kier alpha value is -1.83. The van der Waals surface area contributed by atoms with Gasteiger partial charge in [-0.25, -0.2) is 0 Å². The van der Waals surface area contributed by atoms with E-state index in [0.717, 1.165) is 37.9 Å². The summed E-state index contributed by atoms with van der Waals surface area (Å²) >= 11 is 0. The number of hydrogen-bond donors (Lipinski definition) is 2. The zero-order valence-electron chi connectivity index (χ0n) is 12.2.